The number of aryl methyl sites for hydroxylation is 4. The van der Waals surface area contributed by atoms with E-state index in [2.05, 4.69) is 119 Å². The fourth-order valence-corrected chi connectivity index (χ4v) is 17.2. The van der Waals surface area contributed by atoms with E-state index in [1.54, 1.807) is 0 Å². The molecule has 4 rings (SSSR count). The average Bonchev–Trinajstić information content (AvgIpc) is 2.95. The molecule has 4 aromatic carbocycles. The van der Waals surface area contributed by atoms with Gasteiger partial charge in [-0.25, -0.2) is 0 Å². The maximum Gasteiger partial charge on any atom is 0.150 e. The van der Waals surface area contributed by atoms with Gasteiger partial charge in [0.15, 0.2) is 0 Å². The van der Waals surface area contributed by atoms with Crippen molar-refractivity contribution < 1.29 is 10.2 Å². The maximum atomic E-state index is 12.0. The van der Waals surface area contributed by atoms with Crippen molar-refractivity contribution in [1.29, 1.82) is 0 Å². The number of unbranched alkanes of at least 4 members (excludes halogenated alkanes) is 2. The molecule has 0 aliphatic carbocycles. The van der Waals surface area contributed by atoms with E-state index in [0.717, 1.165) is 71.4 Å². The summed E-state index contributed by atoms with van der Waals surface area (Å²) in [4.78, 5) is 0. The molecule has 0 aromatic heterocycles. The zero-order chi connectivity index (χ0) is 28.0. The third kappa shape index (κ3) is 6.16. The first-order valence-corrected chi connectivity index (χ1v) is 19.1. The summed E-state index contributed by atoms with van der Waals surface area (Å²) in [6.07, 6.45) is 5.96. The Morgan fingerprint density at radius 3 is 1.36 bits per heavy atom. The number of hydrogen-bond acceptors (Lipinski definition) is 2. The van der Waals surface area contributed by atoms with Crippen LogP contribution in [0.3, 0.4) is 0 Å². The molecule has 204 valence electrons. The molecule has 2 N–H and O–H groups in total. The molecule has 0 aliphatic rings. The van der Waals surface area contributed by atoms with Crippen LogP contribution in [0.1, 0.15) is 61.8 Å². The Hall–Kier alpha value is -2.87. The summed E-state index contributed by atoms with van der Waals surface area (Å²) in [5.41, 5.74) is 4.37. The van der Waals surface area contributed by atoms with Crippen LogP contribution in [0.2, 0.25) is 6.55 Å². The Labute approximate surface area is 237 Å². The van der Waals surface area contributed by atoms with Crippen LogP contribution in [0.5, 0.6) is 11.5 Å². The molecular formula is C35H43O2PSi. The van der Waals surface area contributed by atoms with Gasteiger partial charge in [0.05, 0.1) is 0 Å². The highest BCUT2D eigenvalue weighted by molar-refractivity contribution is 8.08. The van der Waals surface area contributed by atoms with Crippen LogP contribution in [0, 0.1) is 13.8 Å². The fourth-order valence-electron chi connectivity index (χ4n) is 5.69. The number of hydrogen-bond donors (Lipinski definition) is 2. The molecule has 0 amide bonds. The molecule has 0 atom stereocenters. The highest BCUT2D eigenvalue weighted by atomic mass is 31.4. The minimum absolute atomic E-state index is 0.418. The Bertz CT molecular complexity index is 1280. The third-order valence-electron chi connectivity index (χ3n) is 7.83. The molecule has 39 heavy (non-hydrogen) atoms. The molecule has 0 saturated heterocycles. The highest BCUT2D eigenvalue weighted by Gasteiger charge is 2.44. The van der Waals surface area contributed by atoms with Gasteiger partial charge in [0.25, 0.3) is 0 Å². The predicted octanol–water partition coefficient (Wildman–Crippen LogP) is 7.22. The molecule has 0 heterocycles. The molecule has 4 heteroatoms. The lowest BCUT2D eigenvalue weighted by molar-refractivity contribution is 0.470. The number of aromatic hydroxyl groups is 2. The van der Waals surface area contributed by atoms with Crippen LogP contribution in [0.25, 0.3) is 0 Å². The van der Waals surface area contributed by atoms with Crippen molar-refractivity contribution in [3.63, 3.8) is 0 Å². The van der Waals surface area contributed by atoms with E-state index >= 15 is 0 Å². The van der Waals surface area contributed by atoms with Gasteiger partial charge in [-0.15, -0.1) is 0 Å². The average molecular weight is 555 g/mol. The van der Waals surface area contributed by atoms with E-state index in [9.17, 15) is 10.2 Å². The Morgan fingerprint density at radius 2 is 1.00 bits per heavy atom. The van der Waals surface area contributed by atoms with Gasteiger partial charge in [-0.05, 0) is 91.8 Å². The molecule has 0 spiro atoms. The lowest BCUT2D eigenvalue weighted by Gasteiger charge is -2.39. The summed E-state index contributed by atoms with van der Waals surface area (Å²) < 4.78 is 0. The minimum Gasteiger partial charge on any atom is -0.507 e. The predicted molar refractivity (Wildman–Crippen MR) is 173 cm³/mol. The molecule has 0 radical (unpaired) electrons. The first kappa shape index (κ1) is 29.1. The smallest absolute Gasteiger partial charge is 0.150 e. The number of benzene rings is 4. The molecule has 0 saturated carbocycles. The fraction of sp³-hybridized carbons (Fsp3) is 0.314. The third-order valence-corrected chi connectivity index (χ3v) is 19.0. The monoisotopic (exact) mass is 554 g/mol. The van der Waals surface area contributed by atoms with E-state index in [0.29, 0.717) is 11.5 Å². The van der Waals surface area contributed by atoms with Crippen LogP contribution < -0.4 is 21.0 Å². The van der Waals surface area contributed by atoms with Gasteiger partial charge < -0.3 is 10.2 Å². The molecule has 4 aromatic rings. The summed E-state index contributed by atoms with van der Waals surface area (Å²) in [5, 5.41) is 28.5. The van der Waals surface area contributed by atoms with Gasteiger partial charge >= 0.3 is 0 Å². The molecule has 0 unspecified atom stereocenters. The second kappa shape index (κ2) is 13.0. The molecule has 0 bridgehead atoms. The Balaban J connectivity index is 2.11. The van der Waals surface area contributed by atoms with Crippen LogP contribution in [0.4, 0.5) is 0 Å². The van der Waals surface area contributed by atoms with Crippen molar-refractivity contribution in [2.45, 2.75) is 72.8 Å². The summed E-state index contributed by atoms with van der Waals surface area (Å²) in [6, 6.07) is 30.4. The zero-order valence-corrected chi connectivity index (χ0v) is 26.1. The van der Waals surface area contributed by atoms with E-state index in [-0.39, 0.29) is 0 Å². The lowest BCUT2D eigenvalue weighted by atomic mass is 10.0. The van der Waals surface area contributed by atoms with E-state index in [4.69, 9.17) is 0 Å². The van der Waals surface area contributed by atoms with Crippen molar-refractivity contribution in [3.05, 3.63) is 107 Å². The standard InChI is InChI=1S/C35H43O2PSi/c1-6-8-16-28-22-26(3)24-32(34(28)36)38(33-25-27(4)23-29(35(33)37)17-9-7-2)39(5,30-18-12-10-13-19-30)31-20-14-11-15-21-31/h10-15,18-25,36-37H,6-9,16-17H2,1-5H3. The number of rotatable bonds is 11. The van der Waals surface area contributed by atoms with Gasteiger partial charge in [0.2, 0.25) is 0 Å². The SMILES string of the molecule is CCCCc1cc(C)cc(P(c2cc(C)cc(CCCC)c2O)[Si](C)(c2ccccc2)c2ccccc2)c1O. The van der Waals surface area contributed by atoms with Crippen LogP contribution in [-0.4, -0.2) is 18.0 Å². The van der Waals surface area contributed by atoms with Crippen LogP contribution in [-0.2, 0) is 12.8 Å². The first-order valence-electron chi connectivity index (χ1n) is 14.4. The van der Waals surface area contributed by atoms with Crippen molar-refractivity contribution in [1.82, 2.24) is 0 Å². The summed E-state index contributed by atoms with van der Waals surface area (Å²) >= 11 is 0. The normalized spacial score (nSPS) is 11.7. The molecular weight excluding hydrogens is 511 g/mol. The minimum atomic E-state index is -2.58. The van der Waals surface area contributed by atoms with Gasteiger partial charge in [-0.3, -0.25) is 0 Å². The van der Waals surface area contributed by atoms with E-state index < -0.39 is 15.2 Å². The van der Waals surface area contributed by atoms with Gasteiger partial charge in [0, 0.05) is 10.6 Å². The number of phenolic OH excluding ortho intramolecular Hbond substituents is 2. The van der Waals surface area contributed by atoms with Gasteiger partial charge in [0.1, 0.15) is 19.2 Å². The quantitative estimate of drug-likeness (QED) is 0.152. The first-order chi connectivity index (χ1) is 18.8. The van der Waals surface area contributed by atoms with Crippen molar-refractivity contribution in [2.24, 2.45) is 0 Å². The van der Waals surface area contributed by atoms with Crippen molar-refractivity contribution in [2.75, 3.05) is 0 Å². The molecule has 2 nitrogen and oxygen atoms in total. The van der Waals surface area contributed by atoms with Crippen molar-refractivity contribution in [3.8, 4) is 11.5 Å². The second-order valence-electron chi connectivity index (χ2n) is 10.9. The summed E-state index contributed by atoms with van der Waals surface area (Å²) in [7, 11) is -3.73. The molecule has 0 aliphatic heterocycles. The van der Waals surface area contributed by atoms with Crippen LogP contribution in [0.15, 0.2) is 84.9 Å². The molecule has 0 fully saturated rings. The highest BCUT2D eigenvalue weighted by Crippen LogP contribution is 2.50. The topological polar surface area (TPSA) is 40.5 Å². The van der Waals surface area contributed by atoms with E-state index in [1.165, 1.54) is 10.4 Å². The largest absolute Gasteiger partial charge is 0.507 e. The zero-order valence-electron chi connectivity index (χ0n) is 24.2. The summed E-state index contributed by atoms with van der Waals surface area (Å²) in [5.74, 6) is 0.837. The van der Waals surface area contributed by atoms with Crippen LogP contribution >= 0.6 is 7.47 Å². The van der Waals surface area contributed by atoms with Gasteiger partial charge in [-0.2, -0.15) is 0 Å². The Kier molecular flexibility index (Phi) is 9.70. The summed E-state index contributed by atoms with van der Waals surface area (Å²) in [6.45, 7) is 11.1. The Morgan fingerprint density at radius 1 is 0.615 bits per heavy atom. The maximum absolute atomic E-state index is 12.0. The van der Waals surface area contributed by atoms with E-state index in [1.807, 2.05) is 0 Å². The number of phenols is 2. The lowest BCUT2D eigenvalue weighted by Crippen LogP contribution is -2.57. The second-order valence-corrected chi connectivity index (χ2v) is 19.9. The van der Waals surface area contributed by atoms with Crippen molar-refractivity contribution >= 4 is 36.2 Å². The van der Waals surface area contributed by atoms with Gasteiger partial charge in [-0.1, -0.05) is 106 Å².